The zero-order chi connectivity index (χ0) is 11.9. The molecular weight excluding hydrogens is 220 g/mol. The number of nitrogens with one attached hydrogen (secondary N) is 1. The molecule has 0 fully saturated rings. The maximum Gasteiger partial charge on any atom is 0.0716 e. The molecule has 0 spiro atoms. The van der Waals surface area contributed by atoms with Crippen LogP contribution in [0.3, 0.4) is 0 Å². The van der Waals surface area contributed by atoms with Crippen LogP contribution in [0.4, 0.5) is 0 Å². The molecule has 85 valence electrons. The predicted octanol–water partition coefficient (Wildman–Crippen LogP) is 3.91. The molecule has 1 radical (unpaired) electrons. The van der Waals surface area contributed by atoms with Crippen LogP contribution in [-0.4, -0.2) is 9.55 Å². The van der Waals surface area contributed by atoms with Gasteiger partial charge in [0.2, 0.25) is 0 Å². The highest BCUT2D eigenvalue weighted by Gasteiger charge is 2.07. The molecule has 0 atom stereocenters. The number of hydrogen-bond acceptors (Lipinski definition) is 0. The Morgan fingerprint density at radius 2 is 1.78 bits per heavy atom. The van der Waals surface area contributed by atoms with Crippen molar-refractivity contribution in [2.75, 3.05) is 0 Å². The zero-order valence-electron chi connectivity index (χ0n) is 9.72. The second-order valence-electron chi connectivity index (χ2n) is 4.39. The fourth-order valence-corrected chi connectivity index (χ4v) is 2.46. The Labute approximate surface area is 104 Å². The topological polar surface area (TPSA) is 20.7 Å². The van der Waals surface area contributed by atoms with Gasteiger partial charge in [0, 0.05) is 22.5 Å². The van der Waals surface area contributed by atoms with Crippen molar-refractivity contribution in [2.24, 2.45) is 0 Å². The number of para-hydroxylation sites is 2. The number of nitrogens with zero attached hydrogens (tertiary/aromatic N) is 1. The van der Waals surface area contributed by atoms with E-state index in [9.17, 15) is 0 Å². The molecule has 0 aliphatic heterocycles. The average molecular weight is 231 g/mol. The third-order valence-electron chi connectivity index (χ3n) is 3.34. The van der Waals surface area contributed by atoms with E-state index in [-0.39, 0.29) is 0 Å². The van der Waals surface area contributed by atoms with E-state index in [1.165, 1.54) is 16.3 Å². The molecule has 1 N–H and O–H groups in total. The van der Waals surface area contributed by atoms with Gasteiger partial charge in [0.25, 0.3) is 0 Å². The third-order valence-corrected chi connectivity index (χ3v) is 3.34. The van der Waals surface area contributed by atoms with Gasteiger partial charge < -0.3 is 9.55 Å². The highest BCUT2D eigenvalue weighted by atomic mass is 15.0. The quantitative estimate of drug-likeness (QED) is 0.512. The van der Waals surface area contributed by atoms with Crippen molar-refractivity contribution in [1.29, 1.82) is 0 Å². The van der Waals surface area contributed by atoms with Crippen LogP contribution in [0.1, 0.15) is 0 Å². The summed E-state index contributed by atoms with van der Waals surface area (Å²) >= 11 is 0. The number of rotatable bonds is 1. The van der Waals surface area contributed by atoms with Crippen molar-refractivity contribution in [3.63, 3.8) is 0 Å². The number of hydrogen-bond donors (Lipinski definition) is 1. The second kappa shape index (κ2) is 3.50. The van der Waals surface area contributed by atoms with Crippen molar-refractivity contribution in [2.45, 2.75) is 0 Å². The molecular formula is C16H11N2. The van der Waals surface area contributed by atoms with E-state index in [0.29, 0.717) is 0 Å². The Kier molecular flexibility index (Phi) is 1.86. The van der Waals surface area contributed by atoms with Crippen LogP contribution < -0.4 is 0 Å². The standard InChI is InChI=1S/C16H11N2/c1-4-8-15-12(5-1)9-10-18(15)16-11-17-14-7-3-2-6-13(14)16/h1-9,11,17H. The molecule has 2 aromatic heterocycles. The number of aromatic amines is 1. The lowest BCUT2D eigenvalue weighted by atomic mass is 10.2. The molecule has 0 aliphatic rings. The monoisotopic (exact) mass is 231 g/mol. The van der Waals surface area contributed by atoms with Crippen LogP contribution in [0.5, 0.6) is 0 Å². The van der Waals surface area contributed by atoms with Crippen LogP contribution in [0, 0.1) is 6.20 Å². The van der Waals surface area contributed by atoms with Gasteiger partial charge in [0.15, 0.2) is 0 Å². The molecule has 2 heteroatoms. The van der Waals surface area contributed by atoms with Gasteiger partial charge in [-0.1, -0.05) is 36.4 Å². The second-order valence-corrected chi connectivity index (χ2v) is 4.39. The predicted molar refractivity (Wildman–Crippen MR) is 74.0 cm³/mol. The van der Waals surface area contributed by atoms with Crippen LogP contribution in [-0.2, 0) is 0 Å². The normalized spacial score (nSPS) is 11.3. The smallest absolute Gasteiger partial charge is 0.0716 e. The fraction of sp³-hybridized carbons (Fsp3) is 0. The first kappa shape index (κ1) is 9.54. The summed E-state index contributed by atoms with van der Waals surface area (Å²) in [7, 11) is 0. The van der Waals surface area contributed by atoms with Gasteiger partial charge in [-0.15, -0.1) is 0 Å². The van der Waals surface area contributed by atoms with Crippen molar-refractivity contribution in [3.05, 3.63) is 67.0 Å². The minimum absolute atomic E-state index is 1.15. The number of benzene rings is 2. The van der Waals surface area contributed by atoms with Gasteiger partial charge in [-0.25, -0.2) is 0 Å². The van der Waals surface area contributed by atoms with Gasteiger partial charge in [-0.05, 0) is 18.2 Å². The van der Waals surface area contributed by atoms with E-state index in [1.54, 1.807) is 0 Å². The fourth-order valence-electron chi connectivity index (χ4n) is 2.46. The number of H-pyrrole nitrogens is 1. The summed E-state index contributed by atoms with van der Waals surface area (Å²) < 4.78 is 2.11. The first-order valence-electron chi connectivity index (χ1n) is 5.98. The summed E-state index contributed by atoms with van der Waals surface area (Å²) in [4.78, 5) is 3.30. The maximum absolute atomic E-state index is 3.30. The first-order valence-corrected chi connectivity index (χ1v) is 5.98. The summed E-state index contributed by atoms with van der Waals surface area (Å²) in [5.74, 6) is 0. The van der Waals surface area contributed by atoms with Crippen LogP contribution in [0.2, 0.25) is 0 Å². The lowest BCUT2D eigenvalue weighted by Crippen LogP contribution is -1.89. The molecule has 0 unspecified atom stereocenters. The molecule has 4 rings (SSSR count). The molecule has 2 aromatic carbocycles. The summed E-state index contributed by atoms with van der Waals surface area (Å²) in [5, 5.41) is 2.43. The lowest BCUT2D eigenvalue weighted by Gasteiger charge is -2.02. The number of aromatic nitrogens is 2. The van der Waals surface area contributed by atoms with Crippen molar-refractivity contribution in [1.82, 2.24) is 9.55 Å². The Balaban J connectivity index is 2.08. The van der Waals surface area contributed by atoms with E-state index in [2.05, 4.69) is 58.2 Å². The van der Waals surface area contributed by atoms with Crippen molar-refractivity contribution < 1.29 is 0 Å². The average Bonchev–Trinajstić information content (AvgIpc) is 3.01. The summed E-state index contributed by atoms with van der Waals surface area (Å²) in [5.41, 5.74) is 3.48. The van der Waals surface area contributed by atoms with Gasteiger partial charge in [-0.2, -0.15) is 0 Å². The highest BCUT2D eigenvalue weighted by molar-refractivity contribution is 5.91. The van der Waals surface area contributed by atoms with E-state index in [0.717, 1.165) is 11.2 Å². The summed E-state index contributed by atoms with van der Waals surface area (Å²) in [6.07, 6.45) is 5.34. The Morgan fingerprint density at radius 1 is 0.944 bits per heavy atom. The van der Waals surface area contributed by atoms with E-state index in [1.807, 2.05) is 18.3 Å². The van der Waals surface area contributed by atoms with Crippen molar-refractivity contribution in [3.8, 4) is 5.69 Å². The molecule has 0 aliphatic carbocycles. The lowest BCUT2D eigenvalue weighted by molar-refractivity contribution is 1.13. The third kappa shape index (κ3) is 1.23. The van der Waals surface area contributed by atoms with Gasteiger partial charge >= 0.3 is 0 Å². The van der Waals surface area contributed by atoms with Crippen LogP contribution in [0.25, 0.3) is 27.5 Å². The van der Waals surface area contributed by atoms with E-state index < -0.39 is 0 Å². The largest absolute Gasteiger partial charge is 0.359 e. The summed E-state index contributed by atoms with van der Waals surface area (Å²) in [6, 6.07) is 18.7. The molecule has 4 aromatic rings. The SMILES string of the molecule is [c]1cc2ccccc2n1-c1c[nH]c2ccccc12. The van der Waals surface area contributed by atoms with Crippen LogP contribution >= 0.6 is 0 Å². The highest BCUT2D eigenvalue weighted by Crippen LogP contribution is 2.25. The minimum atomic E-state index is 1.15. The maximum atomic E-state index is 3.30. The van der Waals surface area contributed by atoms with Gasteiger partial charge in [0.05, 0.1) is 17.4 Å². The van der Waals surface area contributed by atoms with Crippen LogP contribution in [0.15, 0.2) is 60.8 Å². The van der Waals surface area contributed by atoms with Crippen molar-refractivity contribution >= 4 is 21.8 Å². The Morgan fingerprint density at radius 3 is 2.78 bits per heavy atom. The van der Waals surface area contributed by atoms with Gasteiger partial charge in [0.1, 0.15) is 0 Å². The molecule has 0 bridgehead atoms. The zero-order valence-corrected chi connectivity index (χ0v) is 9.72. The molecule has 2 nitrogen and oxygen atoms in total. The molecule has 0 saturated carbocycles. The van der Waals surface area contributed by atoms with E-state index in [4.69, 9.17) is 0 Å². The Hall–Kier alpha value is -2.48. The van der Waals surface area contributed by atoms with E-state index >= 15 is 0 Å². The molecule has 2 heterocycles. The molecule has 0 saturated heterocycles. The molecule has 18 heavy (non-hydrogen) atoms. The minimum Gasteiger partial charge on any atom is -0.359 e. The Bertz CT molecular complexity index is 764. The molecule has 0 amide bonds. The number of fused-ring (bicyclic) bond motifs is 2. The first-order chi connectivity index (χ1) is 8.93. The summed E-state index contributed by atoms with van der Waals surface area (Å²) in [6.45, 7) is 0. The van der Waals surface area contributed by atoms with Gasteiger partial charge in [-0.3, -0.25) is 0 Å².